The summed E-state index contributed by atoms with van der Waals surface area (Å²) < 4.78 is 3.81. The Hall–Kier alpha value is -2.38. The maximum Gasteiger partial charge on any atom is 0.268 e. The largest absolute Gasteiger partial charge is 0.268 e. The zero-order chi connectivity index (χ0) is 21.0. The fourth-order valence-electron chi connectivity index (χ4n) is 4.26. The van der Waals surface area contributed by atoms with Crippen LogP contribution >= 0.6 is 23.1 Å². The van der Waals surface area contributed by atoms with Crippen molar-refractivity contribution in [2.45, 2.75) is 51.1 Å². The summed E-state index contributed by atoms with van der Waals surface area (Å²) in [6.45, 7) is 10.3. The molecule has 0 radical (unpaired) electrons. The fourth-order valence-corrected chi connectivity index (χ4v) is 6.54. The average molecular weight is 437 g/mol. The lowest BCUT2D eigenvalue weighted by Crippen LogP contribution is -2.22. The van der Waals surface area contributed by atoms with Crippen molar-refractivity contribution in [3.05, 3.63) is 62.8 Å². The van der Waals surface area contributed by atoms with E-state index < -0.39 is 0 Å². The second-order valence-corrected chi connectivity index (χ2v) is 10.3. The molecule has 0 fully saturated rings. The summed E-state index contributed by atoms with van der Waals surface area (Å²) in [5.41, 5.74) is 4.31. The molecule has 30 heavy (non-hydrogen) atoms. The van der Waals surface area contributed by atoms with Gasteiger partial charge in [-0.05, 0) is 56.7 Å². The molecule has 3 heterocycles. The van der Waals surface area contributed by atoms with E-state index in [1.807, 2.05) is 38.1 Å². The summed E-state index contributed by atoms with van der Waals surface area (Å²) in [6, 6.07) is 8.03. The van der Waals surface area contributed by atoms with Crippen molar-refractivity contribution in [3.63, 3.8) is 0 Å². The summed E-state index contributed by atoms with van der Waals surface area (Å²) >= 11 is 3.36. The van der Waals surface area contributed by atoms with Crippen LogP contribution < -0.4 is 5.56 Å². The number of fused-ring (bicyclic) bond motifs is 5. The van der Waals surface area contributed by atoms with Crippen LogP contribution in [0.25, 0.3) is 21.7 Å². The minimum atomic E-state index is 0.0106. The van der Waals surface area contributed by atoms with Crippen LogP contribution in [0.15, 0.2) is 46.4 Å². The number of nitrogens with zero attached hydrogens (tertiary/aromatic N) is 4. The Kier molecular flexibility index (Phi) is 4.82. The van der Waals surface area contributed by atoms with Crippen molar-refractivity contribution < 1.29 is 0 Å². The SMILES string of the molecule is C=C(C)CSc1nnc2n(-c3ccc(C)cc3)c(=O)c3c4c(sc3n12)CCCC4C. The molecule has 0 N–H and O–H groups in total. The molecule has 1 aliphatic rings. The monoisotopic (exact) mass is 436 g/mol. The van der Waals surface area contributed by atoms with Crippen LogP contribution in [0, 0.1) is 6.92 Å². The van der Waals surface area contributed by atoms with E-state index in [-0.39, 0.29) is 5.56 Å². The van der Waals surface area contributed by atoms with Gasteiger partial charge in [0, 0.05) is 10.6 Å². The molecule has 0 amide bonds. The van der Waals surface area contributed by atoms with Gasteiger partial charge in [0.2, 0.25) is 5.78 Å². The Morgan fingerprint density at radius 1 is 1.30 bits per heavy atom. The summed E-state index contributed by atoms with van der Waals surface area (Å²) in [5.74, 6) is 1.74. The molecule has 0 aliphatic heterocycles. The highest BCUT2D eigenvalue weighted by atomic mass is 32.2. The van der Waals surface area contributed by atoms with Gasteiger partial charge in [-0.25, -0.2) is 8.97 Å². The number of thiophene rings is 1. The second-order valence-electron chi connectivity index (χ2n) is 8.25. The molecule has 154 valence electrons. The Morgan fingerprint density at radius 2 is 2.07 bits per heavy atom. The molecule has 4 aromatic rings. The molecule has 7 heteroatoms. The smallest absolute Gasteiger partial charge is 0.268 e. The molecule has 1 unspecified atom stereocenters. The molecule has 0 saturated heterocycles. The molecule has 1 atom stereocenters. The maximum absolute atomic E-state index is 13.8. The lowest BCUT2D eigenvalue weighted by molar-refractivity contribution is 0.601. The summed E-state index contributed by atoms with van der Waals surface area (Å²) in [4.78, 5) is 16.2. The van der Waals surface area contributed by atoms with Gasteiger partial charge in [-0.1, -0.05) is 48.5 Å². The molecule has 0 saturated carbocycles. The Morgan fingerprint density at radius 3 is 2.80 bits per heavy atom. The van der Waals surface area contributed by atoms with Crippen LogP contribution in [-0.2, 0) is 6.42 Å². The predicted octanol–water partition coefficient (Wildman–Crippen LogP) is 5.51. The first-order valence-electron chi connectivity index (χ1n) is 10.3. The van der Waals surface area contributed by atoms with Gasteiger partial charge in [-0.15, -0.1) is 21.5 Å². The van der Waals surface area contributed by atoms with Crippen LogP contribution in [-0.4, -0.2) is 24.9 Å². The Bertz CT molecular complexity index is 1340. The second kappa shape index (κ2) is 7.39. The Balaban J connectivity index is 1.89. The van der Waals surface area contributed by atoms with Gasteiger partial charge < -0.3 is 0 Å². The first-order chi connectivity index (χ1) is 14.5. The van der Waals surface area contributed by atoms with Gasteiger partial charge in [0.1, 0.15) is 4.83 Å². The highest BCUT2D eigenvalue weighted by molar-refractivity contribution is 7.99. The van der Waals surface area contributed by atoms with E-state index in [1.165, 1.54) is 16.9 Å². The van der Waals surface area contributed by atoms with E-state index >= 15 is 0 Å². The van der Waals surface area contributed by atoms with Crippen LogP contribution in [0.1, 0.15) is 48.6 Å². The quantitative estimate of drug-likeness (QED) is 0.313. The van der Waals surface area contributed by atoms with Gasteiger partial charge in [-0.3, -0.25) is 4.79 Å². The van der Waals surface area contributed by atoms with Crippen molar-refractivity contribution in [3.8, 4) is 5.69 Å². The number of hydrogen-bond acceptors (Lipinski definition) is 5. The van der Waals surface area contributed by atoms with Gasteiger partial charge in [0.25, 0.3) is 5.56 Å². The topological polar surface area (TPSA) is 52.2 Å². The highest BCUT2D eigenvalue weighted by Gasteiger charge is 2.28. The third-order valence-electron chi connectivity index (χ3n) is 5.71. The lowest BCUT2D eigenvalue weighted by Gasteiger charge is -2.18. The van der Waals surface area contributed by atoms with Crippen molar-refractivity contribution in [2.24, 2.45) is 0 Å². The molecule has 1 aromatic carbocycles. The average Bonchev–Trinajstić information content (AvgIpc) is 3.30. The third-order valence-corrected chi connectivity index (χ3v) is 8.12. The molecule has 0 bridgehead atoms. The van der Waals surface area contributed by atoms with Crippen molar-refractivity contribution >= 4 is 39.1 Å². The molecular formula is C23H24N4OS2. The predicted molar refractivity (Wildman–Crippen MR) is 126 cm³/mol. The zero-order valence-electron chi connectivity index (χ0n) is 17.4. The van der Waals surface area contributed by atoms with E-state index in [9.17, 15) is 4.79 Å². The van der Waals surface area contributed by atoms with Gasteiger partial charge in [0.15, 0.2) is 5.16 Å². The molecule has 3 aromatic heterocycles. The standard InChI is InChI=1S/C23H24N4OS2/c1-13(2)12-29-23-25-24-22-26(16-10-8-14(3)9-11-16)20(28)19-18-15(4)6-5-7-17(18)30-21(19)27(22)23/h8-11,15H,1,5-7,12H2,2-4H3. The first kappa shape index (κ1) is 19.6. The minimum absolute atomic E-state index is 0.0106. The summed E-state index contributed by atoms with van der Waals surface area (Å²) in [7, 11) is 0. The number of thioether (sulfide) groups is 1. The minimum Gasteiger partial charge on any atom is -0.268 e. The fraction of sp³-hybridized carbons (Fsp3) is 0.348. The van der Waals surface area contributed by atoms with Crippen LogP contribution in [0.3, 0.4) is 0 Å². The molecular weight excluding hydrogens is 412 g/mol. The number of hydrogen-bond donors (Lipinski definition) is 0. The molecule has 5 nitrogen and oxygen atoms in total. The van der Waals surface area contributed by atoms with E-state index in [4.69, 9.17) is 0 Å². The summed E-state index contributed by atoms with van der Waals surface area (Å²) in [6.07, 6.45) is 3.34. The first-order valence-corrected chi connectivity index (χ1v) is 12.1. The van der Waals surface area contributed by atoms with Crippen LogP contribution in [0.2, 0.25) is 0 Å². The molecule has 5 rings (SSSR count). The van der Waals surface area contributed by atoms with Crippen LogP contribution in [0.5, 0.6) is 0 Å². The van der Waals surface area contributed by atoms with Gasteiger partial charge in [0.05, 0.1) is 11.1 Å². The van der Waals surface area contributed by atoms with E-state index in [0.29, 0.717) is 11.7 Å². The van der Waals surface area contributed by atoms with Gasteiger partial charge >= 0.3 is 0 Å². The van der Waals surface area contributed by atoms with Crippen LogP contribution in [0.4, 0.5) is 0 Å². The normalized spacial score (nSPS) is 16.3. The number of aromatic nitrogens is 4. The van der Waals surface area contributed by atoms with Crippen molar-refractivity contribution in [2.75, 3.05) is 5.75 Å². The molecule has 1 aliphatic carbocycles. The van der Waals surface area contributed by atoms with Crippen molar-refractivity contribution in [1.29, 1.82) is 0 Å². The van der Waals surface area contributed by atoms with E-state index in [2.05, 4.69) is 28.1 Å². The lowest BCUT2D eigenvalue weighted by atomic mass is 9.88. The number of rotatable bonds is 4. The summed E-state index contributed by atoms with van der Waals surface area (Å²) in [5, 5.41) is 10.6. The zero-order valence-corrected chi connectivity index (χ0v) is 19.1. The van der Waals surface area contributed by atoms with E-state index in [1.54, 1.807) is 27.7 Å². The number of benzene rings is 1. The maximum atomic E-state index is 13.8. The van der Waals surface area contributed by atoms with Crippen molar-refractivity contribution in [1.82, 2.24) is 19.2 Å². The molecule has 0 spiro atoms. The highest BCUT2D eigenvalue weighted by Crippen LogP contribution is 2.41. The van der Waals surface area contributed by atoms with Gasteiger partial charge in [-0.2, -0.15) is 0 Å². The third kappa shape index (κ3) is 3.03. The number of aryl methyl sites for hydroxylation is 2. The Labute approximate surface area is 183 Å². The van der Waals surface area contributed by atoms with E-state index in [0.717, 1.165) is 50.8 Å².